The molecule has 2 saturated heterocycles. The number of carbonyl (C=O) groups excluding carboxylic acids is 1. The van der Waals surface area contributed by atoms with Crippen molar-refractivity contribution in [3.63, 3.8) is 0 Å². The van der Waals surface area contributed by atoms with Crippen LogP contribution in [-0.4, -0.2) is 50.3 Å². The van der Waals surface area contributed by atoms with Crippen LogP contribution in [0, 0.1) is 11.8 Å². The Hall–Kier alpha value is -1.91. The number of benzene rings is 1. The molecule has 0 aromatic heterocycles. The fourth-order valence-corrected chi connectivity index (χ4v) is 4.68. The third-order valence-electron chi connectivity index (χ3n) is 6.14. The van der Waals surface area contributed by atoms with Gasteiger partial charge in [-0.1, -0.05) is 19.3 Å². The van der Waals surface area contributed by atoms with Crippen LogP contribution in [0.5, 0.6) is 5.75 Å². The molecule has 0 spiro atoms. The number of nitrogens with one attached hydrogen (secondary N) is 1. The van der Waals surface area contributed by atoms with E-state index >= 15 is 0 Å². The molecular formula is C20H29N3O2. The molecule has 3 fully saturated rings. The van der Waals surface area contributed by atoms with Gasteiger partial charge < -0.3 is 19.9 Å². The maximum absolute atomic E-state index is 12.6. The third kappa shape index (κ3) is 3.55. The first-order valence-electron chi connectivity index (χ1n) is 9.67. The fraction of sp³-hybridized carbons (Fsp3) is 0.650. The van der Waals surface area contributed by atoms with E-state index in [0.29, 0.717) is 17.9 Å². The molecule has 1 aromatic rings. The Morgan fingerprint density at radius 2 is 1.64 bits per heavy atom. The van der Waals surface area contributed by atoms with Crippen molar-refractivity contribution in [2.75, 3.05) is 38.2 Å². The number of hydrogen-bond acceptors (Lipinski definition) is 3. The summed E-state index contributed by atoms with van der Waals surface area (Å²) in [6.07, 6.45) is 6.14. The normalized spacial score (nSPS) is 26.6. The quantitative estimate of drug-likeness (QED) is 0.917. The maximum atomic E-state index is 12.6. The standard InChI is InChI=1S/C20H29N3O2/c1-25-19-9-7-18(8-10-19)22-11-15-13-23(14-16(15)12-22)20(24)21-17-5-3-2-4-6-17/h7-10,15-17H,2-6,11-14H2,1H3,(H,21,24). The number of ether oxygens (including phenoxy) is 1. The van der Waals surface area contributed by atoms with E-state index in [4.69, 9.17) is 4.74 Å². The first-order valence-corrected chi connectivity index (χ1v) is 9.67. The molecule has 3 aliphatic rings. The summed E-state index contributed by atoms with van der Waals surface area (Å²) in [5.41, 5.74) is 1.26. The highest BCUT2D eigenvalue weighted by atomic mass is 16.5. The number of likely N-dealkylation sites (tertiary alicyclic amines) is 1. The Kier molecular flexibility index (Phi) is 4.73. The second-order valence-electron chi connectivity index (χ2n) is 7.81. The van der Waals surface area contributed by atoms with Gasteiger partial charge in [0.2, 0.25) is 0 Å². The van der Waals surface area contributed by atoms with E-state index in [9.17, 15) is 4.79 Å². The molecule has 5 heteroatoms. The summed E-state index contributed by atoms with van der Waals surface area (Å²) in [7, 11) is 1.70. The van der Waals surface area contributed by atoms with Gasteiger partial charge in [0.15, 0.2) is 0 Å². The summed E-state index contributed by atoms with van der Waals surface area (Å²) in [5, 5.41) is 3.27. The number of amides is 2. The molecule has 25 heavy (non-hydrogen) atoms. The van der Waals surface area contributed by atoms with Crippen molar-refractivity contribution >= 4 is 11.7 Å². The minimum atomic E-state index is 0.164. The van der Waals surface area contributed by atoms with E-state index in [2.05, 4.69) is 27.2 Å². The maximum Gasteiger partial charge on any atom is 0.317 e. The highest BCUT2D eigenvalue weighted by molar-refractivity contribution is 5.75. The molecule has 1 N–H and O–H groups in total. The van der Waals surface area contributed by atoms with Crippen molar-refractivity contribution in [2.24, 2.45) is 11.8 Å². The zero-order chi connectivity index (χ0) is 17.2. The molecule has 136 valence electrons. The lowest BCUT2D eigenvalue weighted by Gasteiger charge is -2.27. The number of carbonyl (C=O) groups is 1. The predicted molar refractivity (Wildman–Crippen MR) is 99.2 cm³/mol. The van der Waals surface area contributed by atoms with E-state index in [0.717, 1.165) is 44.8 Å². The van der Waals surface area contributed by atoms with Crippen molar-refractivity contribution in [1.29, 1.82) is 0 Å². The van der Waals surface area contributed by atoms with Crippen LogP contribution in [0.25, 0.3) is 0 Å². The lowest BCUT2D eigenvalue weighted by atomic mass is 9.96. The van der Waals surface area contributed by atoms with Crippen LogP contribution in [0.15, 0.2) is 24.3 Å². The summed E-state index contributed by atoms with van der Waals surface area (Å²) in [4.78, 5) is 17.1. The Labute approximate surface area is 150 Å². The number of methoxy groups -OCH3 is 1. The van der Waals surface area contributed by atoms with Crippen molar-refractivity contribution in [1.82, 2.24) is 10.2 Å². The smallest absolute Gasteiger partial charge is 0.317 e. The SMILES string of the molecule is COc1ccc(N2CC3CN(C(=O)NC4CCCCC4)CC3C2)cc1. The van der Waals surface area contributed by atoms with Crippen LogP contribution in [0.1, 0.15) is 32.1 Å². The Morgan fingerprint density at radius 1 is 1.00 bits per heavy atom. The monoisotopic (exact) mass is 343 g/mol. The van der Waals surface area contributed by atoms with Crippen LogP contribution in [0.4, 0.5) is 10.5 Å². The van der Waals surface area contributed by atoms with Crippen molar-refractivity contribution in [3.8, 4) is 5.75 Å². The van der Waals surface area contributed by atoms with E-state index < -0.39 is 0 Å². The molecule has 2 aliphatic heterocycles. The topological polar surface area (TPSA) is 44.8 Å². The van der Waals surface area contributed by atoms with Crippen molar-refractivity contribution < 1.29 is 9.53 Å². The minimum Gasteiger partial charge on any atom is -0.497 e. The predicted octanol–water partition coefficient (Wildman–Crippen LogP) is 3.11. The second-order valence-corrected chi connectivity index (χ2v) is 7.81. The first kappa shape index (κ1) is 16.6. The van der Waals surface area contributed by atoms with E-state index in [1.807, 2.05) is 12.1 Å². The van der Waals surface area contributed by atoms with Gasteiger partial charge in [0, 0.05) is 49.7 Å². The lowest BCUT2D eigenvalue weighted by Crippen LogP contribution is -2.45. The minimum absolute atomic E-state index is 0.164. The van der Waals surface area contributed by atoms with E-state index in [1.54, 1.807) is 7.11 Å². The molecule has 0 radical (unpaired) electrons. The Morgan fingerprint density at radius 3 is 2.24 bits per heavy atom. The molecule has 1 aliphatic carbocycles. The molecule has 2 amide bonds. The molecule has 0 bridgehead atoms. The van der Waals surface area contributed by atoms with E-state index in [-0.39, 0.29) is 6.03 Å². The van der Waals surface area contributed by atoms with Gasteiger partial charge in [-0.3, -0.25) is 0 Å². The molecule has 4 rings (SSSR count). The average molecular weight is 343 g/mol. The average Bonchev–Trinajstić information content (AvgIpc) is 3.22. The van der Waals surface area contributed by atoms with Gasteiger partial charge in [-0.2, -0.15) is 0 Å². The van der Waals surface area contributed by atoms with Crippen LogP contribution in [0.2, 0.25) is 0 Å². The summed E-state index contributed by atoms with van der Waals surface area (Å²) in [6.45, 7) is 3.89. The van der Waals surface area contributed by atoms with E-state index in [1.165, 1.54) is 24.9 Å². The largest absolute Gasteiger partial charge is 0.497 e. The van der Waals surface area contributed by atoms with Crippen LogP contribution in [0.3, 0.4) is 0 Å². The highest BCUT2D eigenvalue weighted by Crippen LogP contribution is 2.34. The molecule has 2 heterocycles. The summed E-state index contributed by atoms with van der Waals surface area (Å²) < 4.78 is 5.24. The molecule has 1 saturated carbocycles. The molecule has 5 nitrogen and oxygen atoms in total. The Bertz CT molecular complexity index is 583. The molecule has 2 atom stereocenters. The van der Waals surface area contributed by atoms with Crippen molar-refractivity contribution in [2.45, 2.75) is 38.1 Å². The Balaban J connectivity index is 1.30. The zero-order valence-corrected chi connectivity index (χ0v) is 15.1. The molecule has 2 unspecified atom stereocenters. The number of rotatable bonds is 3. The summed E-state index contributed by atoms with van der Waals surface area (Å²) >= 11 is 0. The highest BCUT2D eigenvalue weighted by Gasteiger charge is 2.41. The molecule has 1 aromatic carbocycles. The summed E-state index contributed by atoms with van der Waals surface area (Å²) in [6, 6.07) is 8.87. The van der Waals surface area contributed by atoms with Gasteiger partial charge >= 0.3 is 6.03 Å². The number of nitrogens with zero attached hydrogens (tertiary/aromatic N) is 2. The van der Waals surface area contributed by atoms with Crippen molar-refractivity contribution in [3.05, 3.63) is 24.3 Å². The number of urea groups is 1. The van der Waals surface area contributed by atoms with Gasteiger partial charge in [-0.15, -0.1) is 0 Å². The third-order valence-corrected chi connectivity index (χ3v) is 6.14. The number of fused-ring (bicyclic) bond motifs is 1. The zero-order valence-electron chi connectivity index (χ0n) is 15.1. The lowest BCUT2D eigenvalue weighted by molar-refractivity contribution is 0.197. The van der Waals surface area contributed by atoms with Gasteiger partial charge in [-0.25, -0.2) is 4.79 Å². The van der Waals surface area contributed by atoms with Crippen LogP contribution in [-0.2, 0) is 0 Å². The second kappa shape index (κ2) is 7.14. The summed E-state index contributed by atoms with van der Waals surface area (Å²) in [5.74, 6) is 2.09. The van der Waals surface area contributed by atoms with Crippen LogP contribution < -0.4 is 15.0 Å². The van der Waals surface area contributed by atoms with Gasteiger partial charge in [0.05, 0.1) is 7.11 Å². The first-order chi connectivity index (χ1) is 12.2. The number of hydrogen-bond donors (Lipinski definition) is 1. The molecular weight excluding hydrogens is 314 g/mol. The van der Waals surface area contributed by atoms with Gasteiger partial charge in [0.1, 0.15) is 5.75 Å². The van der Waals surface area contributed by atoms with Crippen LogP contribution >= 0.6 is 0 Å². The van der Waals surface area contributed by atoms with Gasteiger partial charge in [0.25, 0.3) is 0 Å². The number of anilines is 1. The van der Waals surface area contributed by atoms with Gasteiger partial charge in [-0.05, 0) is 37.1 Å². The fourth-order valence-electron chi connectivity index (χ4n) is 4.68.